The summed E-state index contributed by atoms with van der Waals surface area (Å²) in [7, 11) is 3.95. The highest BCUT2D eigenvalue weighted by molar-refractivity contribution is 8.76. The van der Waals surface area contributed by atoms with Crippen LogP contribution < -0.4 is 4.90 Å². The Labute approximate surface area is 130 Å². The van der Waals surface area contributed by atoms with Crippen LogP contribution in [-0.2, 0) is 4.79 Å². The Hall–Kier alpha value is -1.54. The molecule has 1 heterocycles. The zero-order valence-electron chi connectivity index (χ0n) is 11.6. The average molecular weight is 327 g/mol. The number of amides is 3. The fourth-order valence-electron chi connectivity index (χ4n) is 1.69. The van der Waals surface area contributed by atoms with Crippen LogP contribution >= 0.6 is 21.8 Å². The van der Waals surface area contributed by atoms with Crippen LogP contribution in [0.25, 0.3) is 0 Å². The molecule has 21 heavy (non-hydrogen) atoms. The first-order valence-electron chi connectivity index (χ1n) is 6.31. The van der Waals surface area contributed by atoms with Crippen molar-refractivity contribution in [3.05, 3.63) is 30.1 Å². The van der Waals surface area contributed by atoms with E-state index in [2.05, 4.69) is 4.40 Å². The summed E-state index contributed by atoms with van der Waals surface area (Å²) in [6.07, 6.45) is 0.978. The first-order valence-corrected chi connectivity index (χ1v) is 8.58. The molecule has 0 aromatic heterocycles. The number of para-hydroxylation sites is 1. The van der Waals surface area contributed by atoms with Gasteiger partial charge in [-0.3, -0.25) is 9.69 Å². The van der Waals surface area contributed by atoms with Crippen molar-refractivity contribution in [2.45, 2.75) is 13.3 Å². The number of carbonyl (C=O) groups excluding carboxylic acids is 2. The summed E-state index contributed by atoms with van der Waals surface area (Å²) >= 11 is 0. The number of benzene rings is 1. The van der Waals surface area contributed by atoms with Crippen molar-refractivity contribution in [3.8, 4) is 0 Å². The molecule has 0 spiro atoms. The van der Waals surface area contributed by atoms with Gasteiger partial charge in [-0.15, -0.1) is 0 Å². The maximum absolute atomic E-state index is 13.9. The van der Waals surface area contributed by atoms with Gasteiger partial charge in [-0.05, 0) is 18.6 Å². The lowest BCUT2D eigenvalue weighted by Crippen LogP contribution is -2.32. The molecule has 0 radical (unpaired) electrons. The van der Waals surface area contributed by atoms with Crippen LogP contribution in [0.3, 0.4) is 0 Å². The van der Waals surface area contributed by atoms with Gasteiger partial charge in [0.2, 0.25) is 5.84 Å². The Morgan fingerprint density at radius 3 is 2.67 bits per heavy atom. The van der Waals surface area contributed by atoms with Gasteiger partial charge in [-0.1, -0.05) is 29.9 Å². The standard InChI is InChI=1S/C13H14FN3O2S2/c1-3-8-20-21-15-11-12(18)16(2)13(19)17(11)10-7-5-4-6-9(10)14/h4-7H,3,8H2,1-2H3/b15-11-. The maximum Gasteiger partial charge on any atom is 0.337 e. The lowest BCUT2D eigenvalue weighted by Gasteiger charge is -2.15. The molecule has 112 valence electrons. The van der Waals surface area contributed by atoms with Crippen molar-refractivity contribution in [1.29, 1.82) is 0 Å². The zero-order chi connectivity index (χ0) is 15.4. The molecule has 1 fully saturated rings. The number of amidine groups is 1. The molecule has 1 saturated heterocycles. The molecule has 0 saturated carbocycles. The predicted octanol–water partition coefficient (Wildman–Crippen LogP) is 3.33. The van der Waals surface area contributed by atoms with Gasteiger partial charge in [0.25, 0.3) is 5.91 Å². The molecule has 8 heteroatoms. The Balaban J connectivity index is 2.33. The SMILES string of the molecule is CCCSS/N=C1/C(=O)N(C)C(=O)N1c1ccccc1F. The smallest absolute Gasteiger partial charge is 0.265 e. The Kier molecular flexibility index (Phi) is 5.24. The average Bonchev–Trinajstić information content (AvgIpc) is 2.69. The van der Waals surface area contributed by atoms with Crippen LogP contribution in [0, 0.1) is 5.82 Å². The summed E-state index contributed by atoms with van der Waals surface area (Å²) in [6.45, 7) is 2.03. The van der Waals surface area contributed by atoms with Crippen molar-refractivity contribution in [1.82, 2.24) is 4.90 Å². The first-order chi connectivity index (χ1) is 10.1. The molecule has 1 aromatic rings. The number of imide groups is 1. The van der Waals surface area contributed by atoms with E-state index in [1.165, 1.54) is 36.0 Å². The summed E-state index contributed by atoms with van der Waals surface area (Å²) in [5, 5.41) is 0. The molecular weight excluding hydrogens is 313 g/mol. The number of hydrogen-bond acceptors (Lipinski definition) is 5. The summed E-state index contributed by atoms with van der Waals surface area (Å²) in [6, 6.07) is 5.20. The largest absolute Gasteiger partial charge is 0.337 e. The number of hydrogen-bond donors (Lipinski definition) is 0. The minimum atomic E-state index is -0.607. The van der Waals surface area contributed by atoms with E-state index >= 15 is 0 Å². The molecule has 1 aromatic carbocycles. The fourth-order valence-corrected chi connectivity index (χ4v) is 3.30. The van der Waals surface area contributed by atoms with E-state index in [9.17, 15) is 14.0 Å². The second kappa shape index (κ2) is 6.95. The normalized spacial score (nSPS) is 17.2. The van der Waals surface area contributed by atoms with Crippen LogP contribution in [0.2, 0.25) is 0 Å². The van der Waals surface area contributed by atoms with Crippen LogP contribution in [-0.4, -0.2) is 35.5 Å². The van der Waals surface area contributed by atoms with Gasteiger partial charge in [-0.25, -0.2) is 14.1 Å². The van der Waals surface area contributed by atoms with Crippen LogP contribution in [0.4, 0.5) is 14.9 Å². The monoisotopic (exact) mass is 327 g/mol. The van der Waals surface area contributed by atoms with Gasteiger partial charge in [0.1, 0.15) is 5.82 Å². The number of rotatable bonds is 5. The molecule has 0 unspecified atom stereocenters. The molecule has 0 N–H and O–H groups in total. The molecular formula is C13H14FN3O2S2. The number of urea groups is 1. The molecule has 1 aliphatic rings. The minimum Gasteiger partial charge on any atom is -0.265 e. The van der Waals surface area contributed by atoms with E-state index in [1.54, 1.807) is 6.07 Å². The van der Waals surface area contributed by atoms with E-state index in [0.29, 0.717) is 0 Å². The quantitative estimate of drug-likeness (QED) is 0.360. The highest BCUT2D eigenvalue weighted by atomic mass is 33.1. The van der Waals surface area contributed by atoms with E-state index in [4.69, 9.17) is 0 Å². The van der Waals surface area contributed by atoms with Gasteiger partial charge in [0, 0.05) is 23.8 Å². The number of nitrogens with zero attached hydrogens (tertiary/aromatic N) is 3. The Bertz CT molecular complexity index is 595. The topological polar surface area (TPSA) is 53.0 Å². The highest BCUT2D eigenvalue weighted by Crippen LogP contribution is 2.29. The number of carbonyl (C=O) groups is 2. The molecule has 3 amide bonds. The van der Waals surface area contributed by atoms with Gasteiger partial charge >= 0.3 is 6.03 Å². The lowest BCUT2D eigenvalue weighted by molar-refractivity contribution is -0.119. The third-order valence-electron chi connectivity index (χ3n) is 2.74. The molecule has 1 aliphatic heterocycles. The van der Waals surface area contributed by atoms with Gasteiger partial charge in [-0.2, -0.15) is 4.40 Å². The summed E-state index contributed by atoms with van der Waals surface area (Å²) < 4.78 is 18.0. The van der Waals surface area contributed by atoms with E-state index in [1.807, 2.05) is 6.92 Å². The van der Waals surface area contributed by atoms with Crippen LogP contribution in [0.15, 0.2) is 28.7 Å². The van der Waals surface area contributed by atoms with Crippen molar-refractivity contribution >= 4 is 45.2 Å². The number of halogens is 1. The second-order valence-corrected chi connectivity index (χ2v) is 6.37. The van der Waals surface area contributed by atoms with Crippen molar-refractivity contribution in [3.63, 3.8) is 0 Å². The minimum absolute atomic E-state index is 0.0278. The van der Waals surface area contributed by atoms with Gasteiger partial charge in [0.15, 0.2) is 0 Å². The van der Waals surface area contributed by atoms with Gasteiger partial charge < -0.3 is 0 Å². The van der Waals surface area contributed by atoms with E-state index < -0.39 is 17.8 Å². The maximum atomic E-state index is 13.9. The molecule has 0 atom stereocenters. The summed E-state index contributed by atoms with van der Waals surface area (Å²) in [5.41, 5.74) is 0.0278. The Morgan fingerprint density at radius 1 is 1.29 bits per heavy atom. The predicted molar refractivity (Wildman–Crippen MR) is 84.8 cm³/mol. The molecule has 2 rings (SSSR count). The molecule has 0 bridgehead atoms. The van der Waals surface area contributed by atoms with E-state index in [-0.39, 0.29) is 11.5 Å². The van der Waals surface area contributed by atoms with Crippen molar-refractivity contribution < 1.29 is 14.0 Å². The van der Waals surface area contributed by atoms with Crippen molar-refractivity contribution in [2.75, 3.05) is 17.7 Å². The lowest BCUT2D eigenvalue weighted by atomic mass is 10.3. The second-order valence-electron chi connectivity index (χ2n) is 4.24. The third kappa shape index (κ3) is 3.21. The van der Waals surface area contributed by atoms with Crippen LogP contribution in [0.5, 0.6) is 0 Å². The highest BCUT2D eigenvalue weighted by Gasteiger charge is 2.42. The van der Waals surface area contributed by atoms with E-state index in [0.717, 1.165) is 33.0 Å². The van der Waals surface area contributed by atoms with Gasteiger partial charge in [0.05, 0.1) is 5.69 Å². The van der Waals surface area contributed by atoms with Crippen LogP contribution in [0.1, 0.15) is 13.3 Å². The summed E-state index contributed by atoms with van der Waals surface area (Å²) in [5.74, 6) is -0.305. The summed E-state index contributed by atoms with van der Waals surface area (Å²) in [4.78, 5) is 26.1. The molecule has 5 nitrogen and oxygen atoms in total. The number of anilines is 1. The third-order valence-corrected chi connectivity index (χ3v) is 4.71. The fraction of sp³-hybridized carbons (Fsp3) is 0.308. The number of likely N-dealkylation sites (N-methyl/N-ethyl adjacent to an activating group) is 1. The Morgan fingerprint density at radius 2 is 2.00 bits per heavy atom. The zero-order valence-corrected chi connectivity index (χ0v) is 13.2. The van der Waals surface area contributed by atoms with Crippen molar-refractivity contribution in [2.24, 2.45) is 4.40 Å². The molecule has 0 aliphatic carbocycles. The first kappa shape index (κ1) is 15.8.